The molecule has 0 spiro atoms. The van der Waals surface area contributed by atoms with Crippen LogP contribution in [-0.2, 0) is 16.6 Å². The summed E-state index contributed by atoms with van der Waals surface area (Å²) in [6.45, 7) is 4.77. The summed E-state index contributed by atoms with van der Waals surface area (Å²) in [5.74, 6) is 0. The first-order chi connectivity index (χ1) is 10.0. The first kappa shape index (κ1) is 15.0. The number of nitrogens with two attached hydrogens (primary N) is 1. The largest absolute Gasteiger partial charge is 0.326 e. The number of fused-ring (bicyclic) bond motifs is 1. The molecule has 0 saturated carbocycles. The number of benzene rings is 1. The van der Waals surface area contributed by atoms with Crippen molar-refractivity contribution in [1.82, 2.24) is 9.21 Å². The van der Waals surface area contributed by atoms with Crippen LogP contribution in [0.25, 0.3) is 0 Å². The van der Waals surface area contributed by atoms with Gasteiger partial charge in [0.2, 0.25) is 10.0 Å². The summed E-state index contributed by atoms with van der Waals surface area (Å²) in [4.78, 5) is 2.79. The quantitative estimate of drug-likeness (QED) is 0.905. The Kier molecular flexibility index (Phi) is 4.05. The molecular formula is C15H23N3O2S. The van der Waals surface area contributed by atoms with E-state index in [2.05, 4.69) is 4.90 Å². The van der Waals surface area contributed by atoms with E-state index < -0.39 is 10.0 Å². The maximum Gasteiger partial charge on any atom is 0.243 e. The Hall–Kier alpha value is -0.950. The molecule has 1 aromatic carbocycles. The molecule has 0 radical (unpaired) electrons. The highest BCUT2D eigenvalue weighted by Crippen LogP contribution is 2.30. The number of sulfonamides is 1. The fourth-order valence-corrected chi connectivity index (χ4v) is 5.44. The van der Waals surface area contributed by atoms with Crippen LogP contribution in [0.1, 0.15) is 25.3 Å². The van der Waals surface area contributed by atoms with Crippen molar-refractivity contribution in [2.24, 2.45) is 5.73 Å². The molecule has 2 atom stereocenters. The second-order valence-corrected chi connectivity index (χ2v) is 7.89. The zero-order valence-electron chi connectivity index (χ0n) is 12.4. The van der Waals surface area contributed by atoms with Gasteiger partial charge < -0.3 is 5.73 Å². The van der Waals surface area contributed by atoms with Crippen molar-refractivity contribution in [3.63, 3.8) is 0 Å². The van der Waals surface area contributed by atoms with Gasteiger partial charge in [-0.2, -0.15) is 4.31 Å². The maximum atomic E-state index is 13.0. The third-order valence-corrected chi connectivity index (χ3v) is 6.74. The molecule has 2 heterocycles. The Morgan fingerprint density at radius 1 is 1.29 bits per heavy atom. The number of hydrogen-bond acceptors (Lipinski definition) is 4. The van der Waals surface area contributed by atoms with Gasteiger partial charge in [-0.3, -0.25) is 4.90 Å². The van der Waals surface area contributed by atoms with Gasteiger partial charge in [0.1, 0.15) is 0 Å². The van der Waals surface area contributed by atoms with Crippen molar-refractivity contribution >= 4 is 10.0 Å². The van der Waals surface area contributed by atoms with Crippen LogP contribution >= 0.6 is 0 Å². The molecule has 0 bridgehead atoms. The lowest BCUT2D eigenvalue weighted by molar-refractivity contribution is 0.117. The molecule has 0 aliphatic carbocycles. The normalized spacial score (nSPS) is 27.7. The molecule has 0 aromatic heterocycles. The van der Waals surface area contributed by atoms with Crippen LogP contribution in [0.3, 0.4) is 0 Å². The number of hydrogen-bond donors (Lipinski definition) is 1. The summed E-state index contributed by atoms with van der Waals surface area (Å²) < 4.78 is 27.7. The number of piperazine rings is 1. The zero-order chi connectivity index (χ0) is 15.0. The van der Waals surface area contributed by atoms with E-state index in [4.69, 9.17) is 5.73 Å². The lowest BCUT2D eigenvalue weighted by atomic mass is 10.1. The van der Waals surface area contributed by atoms with Gasteiger partial charge in [-0.1, -0.05) is 18.2 Å². The predicted octanol–water partition coefficient (Wildman–Crippen LogP) is 1.00. The summed E-state index contributed by atoms with van der Waals surface area (Å²) in [6, 6.07) is 7.45. The van der Waals surface area contributed by atoms with Gasteiger partial charge in [0.05, 0.1) is 4.90 Å². The highest BCUT2D eigenvalue weighted by Gasteiger charge is 2.40. The summed E-state index contributed by atoms with van der Waals surface area (Å²) in [6.07, 6.45) is 2.27. The molecule has 2 saturated heterocycles. The molecule has 5 nitrogen and oxygen atoms in total. The summed E-state index contributed by atoms with van der Waals surface area (Å²) in [5, 5.41) is 0. The first-order valence-corrected chi connectivity index (χ1v) is 9.02. The van der Waals surface area contributed by atoms with Gasteiger partial charge in [0.15, 0.2) is 0 Å². The second-order valence-electron chi connectivity index (χ2n) is 6.03. The van der Waals surface area contributed by atoms with Crippen LogP contribution in [-0.4, -0.2) is 49.3 Å². The molecule has 2 aliphatic heterocycles. The lowest BCUT2D eigenvalue weighted by Crippen LogP contribution is -2.56. The molecule has 116 valence electrons. The van der Waals surface area contributed by atoms with E-state index in [0.717, 1.165) is 19.5 Å². The van der Waals surface area contributed by atoms with E-state index >= 15 is 0 Å². The summed E-state index contributed by atoms with van der Waals surface area (Å²) >= 11 is 0. The molecule has 0 amide bonds. The van der Waals surface area contributed by atoms with Gasteiger partial charge in [-0.05, 0) is 37.9 Å². The summed E-state index contributed by atoms with van der Waals surface area (Å²) in [5.41, 5.74) is 6.40. The van der Waals surface area contributed by atoms with Crippen LogP contribution in [0.15, 0.2) is 29.2 Å². The van der Waals surface area contributed by atoms with Crippen molar-refractivity contribution in [3.05, 3.63) is 29.8 Å². The Bertz CT molecular complexity index is 617. The SMILES string of the molecule is CC1CN2CCCC2CN1S(=O)(=O)c1ccccc1CN. The van der Waals surface area contributed by atoms with Crippen molar-refractivity contribution in [2.75, 3.05) is 19.6 Å². The molecule has 21 heavy (non-hydrogen) atoms. The molecule has 1 aromatic rings. The van der Waals surface area contributed by atoms with Crippen molar-refractivity contribution in [2.45, 2.75) is 43.3 Å². The van der Waals surface area contributed by atoms with Crippen molar-refractivity contribution in [3.8, 4) is 0 Å². The standard InChI is InChI=1S/C15H23N3O2S/c1-12-10-17-8-4-6-14(17)11-18(12)21(19,20)15-7-3-2-5-13(15)9-16/h2-3,5,7,12,14H,4,6,8-11,16H2,1H3. The molecule has 2 N–H and O–H groups in total. The van der Waals surface area contributed by atoms with Gasteiger partial charge in [-0.15, -0.1) is 0 Å². The Balaban J connectivity index is 1.94. The smallest absolute Gasteiger partial charge is 0.243 e. The average Bonchev–Trinajstić information content (AvgIpc) is 2.93. The number of rotatable bonds is 3. The molecular weight excluding hydrogens is 286 g/mol. The van der Waals surface area contributed by atoms with Crippen LogP contribution < -0.4 is 5.73 Å². The van der Waals surface area contributed by atoms with Gasteiger partial charge >= 0.3 is 0 Å². The molecule has 3 rings (SSSR count). The van der Waals surface area contributed by atoms with E-state index in [1.54, 1.807) is 22.5 Å². The van der Waals surface area contributed by atoms with Crippen LogP contribution in [0.4, 0.5) is 0 Å². The van der Waals surface area contributed by atoms with Gasteiger partial charge in [0.25, 0.3) is 0 Å². The second kappa shape index (κ2) is 5.68. The molecule has 2 fully saturated rings. The molecule has 2 unspecified atom stereocenters. The van der Waals surface area contributed by atoms with E-state index in [1.165, 1.54) is 6.42 Å². The van der Waals surface area contributed by atoms with Crippen LogP contribution in [0.2, 0.25) is 0 Å². The van der Waals surface area contributed by atoms with Crippen molar-refractivity contribution in [1.29, 1.82) is 0 Å². The van der Waals surface area contributed by atoms with Crippen LogP contribution in [0, 0.1) is 0 Å². The lowest BCUT2D eigenvalue weighted by Gasteiger charge is -2.41. The van der Waals surface area contributed by atoms with Crippen molar-refractivity contribution < 1.29 is 8.42 Å². The van der Waals surface area contributed by atoms with Crippen LogP contribution in [0.5, 0.6) is 0 Å². The third-order valence-electron chi connectivity index (χ3n) is 4.66. The van der Waals surface area contributed by atoms with Gasteiger partial charge in [-0.25, -0.2) is 8.42 Å². The Labute approximate surface area is 126 Å². The maximum absolute atomic E-state index is 13.0. The minimum absolute atomic E-state index is 0.00943. The molecule has 6 heteroatoms. The topological polar surface area (TPSA) is 66.6 Å². The third kappa shape index (κ3) is 2.61. The monoisotopic (exact) mass is 309 g/mol. The minimum Gasteiger partial charge on any atom is -0.326 e. The average molecular weight is 309 g/mol. The van der Waals surface area contributed by atoms with E-state index in [9.17, 15) is 8.42 Å². The predicted molar refractivity (Wildman–Crippen MR) is 82.3 cm³/mol. The van der Waals surface area contributed by atoms with Gasteiger partial charge in [0, 0.05) is 31.7 Å². The van der Waals surface area contributed by atoms with E-state index in [1.807, 2.05) is 13.0 Å². The molecule has 2 aliphatic rings. The fourth-order valence-electron chi connectivity index (χ4n) is 3.55. The van der Waals surface area contributed by atoms with E-state index in [0.29, 0.717) is 23.0 Å². The minimum atomic E-state index is -3.47. The Morgan fingerprint density at radius 2 is 2.05 bits per heavy atom. The highest BCUT2D eigenvalue weighted by molar-refractivity contribution is 7.89. The zero-order valence-corrected chi connectivity index (χ0v) is 13.2. The fraction of sp³-hybridized carbons (Fsp3) is 0.600. The Morgan fingerprint density at radius 3 is 2.81 bits per heavy atom. The summed E-state index contributed by atoms with van der Waals surface area (Å²) in [7, 11) is -3.47. The highest BCUT2D eigenvalue weighted by atomic mass is 32.2. The first-order valence-electron chi connectivity index (χ1n) is 7.58. The van der Waals surface area contributed by atoms with E-state index in [-0.39, 0.29) is 12.6 Å². The number of nitrogens with zero attached hydrogens (tertiary/aromatic N) is 2.